The Bertz CT molecular complexity index is 1240. The SMILES string of the molecule is O=C(O)[C@H]1Cc2c(OCc3ccccc3)ccc(F)c2CN1C(=O)[C@@H](OC1CCCC1)c1ccccc1. The summed E-state index contributed by atoms with van der Waals surface area (Å²) < 4.78 is 27.3. The second kappa shape index (κ2) is 11.1. The predicted octanol–water partition coefficient (Wildman–Crippen LogP) is 5.44. The fourth-order valence-electron chi connectivity index (χ4n) is 5.22. The molecule has 2 atom stereocenters. The minimum atomic E-state index is -1.17. The van der Waals surface area contributed by atoms with E-state index in [-0.39, 0.29) is 31.2 Å². The molecule has 0 saturated heterocycles. The number of carboxylic acid groups (broad SMARTS) is 1. The van der Waals surface area contributed by atoms with Crippen LogP contribution < -0.4 is 4.74 Å². The van der Waals surface area contributed by atoms with Crippen molar-refractivity contribution in [3.63, 3.8) is 0 Å². The van der Waals surface area contributed by atoms with Crippen LogP contribution in [0.2, 0.25) is 0 Å². The lowest BCUT2D eigenvalue weighted by molar-refractivity contribution is -0.160. The van der Waals surface area contributed by atoms with Crippen molar-refractivity contribution in [2.45, 2.75) is 63.5 Å². The van der Waals surface area contributed by atoms with Gasteiger partial charge >= 0.3 is 5.97 Å². The minimum Gasteiger partial charge on any atom is -0.489 e. The van der Waals surface area contributed by atoms with Crippen LogP contribution >= 0.6 is 0 Å². The molecule has 2 aliphatic rings. The molecule has 3 aromatic carbocycles. The molecular formula is C30H30FNO5. The zero-order valence-corrected chi connectivity index (χ0v) is 20.5. The summed E-state index contributed by atoms with van der Waals surface area (Å²) in [5, 5.41) is 10.1. The van der Waals surface area contributed by atoms with Crippen molar-refractivity contribution in [3.05, 3.63) is 101 Å². The van der Waals surface area contributed by atoms with Crippen LogP contribution in [0.5, 0.6) is 5.75 Å². The van der Waals surface area contributed by atoms with E-state index in [1.54, 1.807) is 12.1 Å². The van der Waals surface area contributed by atoms with Gasteiger partial charge < -0.3 is 19.5 Å². The Morgan fingerprint density at radius 1 is 0.946 bits per heavy atom. The first-order valence-corrected chi connectivity index (χ1v) is 12.7. The van der Waals surface area contributed by atoms with Gasteiger partial charge in [-0.05, 0) is 36.1 Å². The number of nitrogens with zero attached hydrogens (tertiary/aromatic N) is 1. The number of amides is 1. The Kier molecular flexibility index (Phi) is 7.51. The third kappa shape index (κ3) is 5.52. The van der Waals surface area contributed by atoms with Gasteiger partial charge in [0, 0.05) is 24.1 Å². The molecule has 0 radical (unpaired) electrons. The maximum Gasteiger partial charge on any atom is 0.326 e. The first-order valence-electron chi connectivity index (χ1n) is 12.7. The number of hydrogen-bond acceptors (Lipinski definition) is 4. The fourth-order valence-corrected chi connectivity index (χ4v) is 5.22. The lowest BCUT2D eigenvalue weighted by atomic mass is 9.91. The highest BCUT2D eigenvalue weighted by Gasteiger charge is 2.41. The molecule has 1 amide bonds. The maximum absolute atomic E-state index is 15.1. The summed E-state index contributed by atoms with van der Waals surface area (Å²) in [6.07, 6.45) is 2.72. The van der Waals surface area contributed by atoms with Gasteiger partial charge in [0.15, 0.2) is 6.10 Å². The molecule has 1 fully saturated rings. The number of rotatable bonds is 8. The summed E-state index contributed by atoms with van der Waals surface area (Å²) in [7, 11) is 0. The number of benzene rings is 3. The summed E-state index contributed by atoms with van der Waals surface area (Å²) in [5.41, 5.74) is 2.37. The third-order valence-corrected chi connectivity index (χ3v) is 7.20. The largest absolute Gasteiger partial charge is 0.489 e. The molecule has 1 N–H and O–H groups in total. The van der Waals surface area contributed by atoms with E-state index < -0.39 is 29.8 Å². The number of carbonyl (C=O) groups excluding carboxylic acids is 1. The van der Waals surface area contributed by atoms with E-state index in [2.05, 4.69) is 0 Å². The Labute approximate surface area is 215 Å². The highest BCUT2D eigenvalue weighted by molar-refractivity contribution is 5.88. The van der Waals surface area contributed by atoms with Gasteiger partial charge in [0.1, 0.15) is 24.2 Å². The van der Waals surface area contributed by atoms with Crippen molar-refractivity contribution in [1.29, 1.82) is 0 Å². The normalized spacial score (nSPS) is 18.3. The molecule has 0 unspecified atom stereocenters. The predicted molar refractivity (Wildman–Crippen MR) is 135 cm³/mol. The van der Waals surface area contributed by atoms with Gasteiger partial charge in [-0.1, -0.05) is 73.5 Å². The quantitative estimate of drug-likeness (QED) is 0.443. The molecule has 3 aromatic rings. The number of ether oxygens (including phenoxy) is 2. The number of fused-ring (bicyclic) bond motifs is 1. The van der Waals surface area contributed by atoms with E-state index in [0.29, 0.717) is 16.9 Å². The first kappa shape index (κ1) is 25.0. The fraction of sp³-hybridized carbons (Fsp3) is 0.333. The molecule has 5 rings (SSSR count). The van der Waals surface area contributed by atoms with Crippen molar-refractivity contribution in [2.75, 3.05) is 0 Å². The summed E-state index contributed by atoms with van der Waals surface area (Å²) >= 11 is 0. The number of carbonyl (C=O) groups is 2. The topological polar surface area (TPSA) is 76.1 Å². The molecule has 0 bridgehead atoms. The van der Waals surface area contributed by atoms with E-state index in [9.17, 15) is 14.7 Å². The second-order valence-corrected chi connectivity index (χ2v) is 9.63. The van der Waals surface area contributed by atoms with Crippen LogP contribution in [-0.4, -0.2) is 34.0 Å². The zero-order valence-electron chi connectivity index (χ0n) is 20.5. The van der Waals surface area contributed by atoms with Crippen molar-refractivity contribution >= 4 is 11.9 Å². The minimum absolute atomic E-state index is 0.0524. The number of halogens is 1. The van der Waals surface area contributed by atoms with E-state index >= 15 is 4.39 Å². The average Bonchev–Trinajstić information content (AvgIpc) is 3.45. The molecule has 1 heterocycles. The van der Waals surface area contributed by atoms with E-state index in [0.717, 1.165) is 31.2 Å². The maximum atomic E-state index is 15.1. The van der Waals surface area contributed by atoms with Gasteiger partial charge in [-0.15, -0.1) is 0 Å². The third-order valence-electron chi connectivity index (χ3n) is 7.20. The molecule has 1 saturated carbocycles. The van der Waals surface area contributed by atoms with Gasteiger partial charge in [0.25, 0.3) is 5.91 Å². The molecule has 1 aliphatic carbocycles. The molecule has 0 aromatic heterocycles. The number of carboxylic acids is 1. The molecule has 0 spiro atoms. The van der Waals surface area contributed by atoms with Crippen LogP contribution in [-0.2, 0) is 33.9 Å². The van der Waals surface area contributed by atoms with Crippen LogP contribution in [0.4, 0.5) is 4.39 Å². The molecular weight excluding hydrogens is 473 g/mol. The lowest BCUT2D eigenvalue weighted by Gasteiger charge is -2.37. The van der Waals surface area contributed by atoms with Gasteiger partial charge in [-0.25, -0.2) is 9.18 Å². The van der Waals surface area contributed by atoms with E-state index in [4.69, 9.17) is 9.47 Å². The van der Waals surface area contributed by atoms with Crippen molar-refractivity contribution in [1.82, 2.24) is 4.90 Å². The first-order chi connectivity index (χ1) is 18.0. The van der Waals surface area contributed by atoms with Crippen molar-refractivity contribution in [3.8, 4) is 5.75 Å². The number of aliphatic carboxylic acids is 1. The highest BCUT2D eigenvalue weighted by Crippen LogP contribution is 2.36. The van der Waals surface area contributed by atoms with Crippen LogP contribution in [0, 0.1) is 5.82 Å². The summed E-state index contributed by atoms with van der Waals surface area (Å²) in [6.45, 7) is 0.0987. The Morgan fingerprint density at radius 3 is 2.30 bits per heavy atom. The van der Waals surface area contributed by atoms with E-state index in [1.807, 2.05) is 48.5 Å². The van der Waals surface area contributed by atoms with Crippen LogP contribution in [0.15, 0.2) is 72.8 Å². The molecule has 6 nitrogen and oxygen atoms in total. The summed E-state index contributed by atoms with van der Waals surface area (Å²) in [6, 6.07) is 20.3. The highest BCUT2D eigenvalue weighted by atomic mass is 19.1. The molecule has 7 heteroatoms. The Morgan fingerprint density at radius 2 is 1.62 bits per heavy atom. The van der Waals surface area contributed by atoms with Crippen molar-refractivity contribution < 1.29 is 28.6 Å². The van der Waals surface area contributed by atoms with Gasteiger partial charge in [0.05, 0.1) is 6.10 Å². The lowest BCUT2D eigenvalue weighted by Crippen LogP contribution is -2.51. The average molecular weight is 504 g/mol. The summed E-state index contributed by atoms with van der Waals surface area (Å²) in [5.74, 6) is -1.67. The zero-order chi connectivity index (χ0) is 25.8. The summed E-state index contributed by atoms with van der Waals surface area (Å²) in [4.78, 5) is 27.5. The second-order valence-electron chi connectivity index (χ2n) is 9.63. The smallest absolute Gasteiger partial charge is 0.326 e. The number of hydrogen-bond donors (Lipinski definition) is 1. The molecule has 1 aliphatic heterocycles. The van der Waals surface area contributed by atoms with Crippen LogP contribution in [0.1, 0.15) is 54.0 Å². The Balaban J connectivity index is 1.45. The standard InChI is InChI=1S/C30H30FNO5/c31-25-15-16-27(36-19-20-9-3-1-4-10-20)23-17-26(30(34)35)32(18-24(23)25)29(33)28(21-11-5-2-6-12-21)37-22-13-7-8-14-22/h1-6,9-12,15-16,22,26,28H,7-8,13-14,17-19H2,(H,34,35)/t26-,28+/m1/s1. The van der Waals surface area contributed by atoms with Crippen molar-refractivity contribution in [2.24, 2.45) is 0 Å². The van der Waals surface area contributed by atoms with Crippen LogP contribution in [0.3, 0.4) is 0 Å². The van der Waals surface area contributed by atoms with Gasteiger partial charge in [-0.3, -0.25) is 4.79 Å². The van der Waals surface area contributed by atoms with Crippen LogP contribution in [0.25, 0.3) is 0 Å². The van der Waals surface area contributed by atoms with Gasteiger partial charge in [-0.2, -0.15) is 0 Å². The monoisotopic (exact) mass is 503 g/mol. The molecule has 37 heavy (non-hydrogen) atoms. The Hall–Kier alpha value is -3.71. The molecule has 192 valence electrons. The van der Waals surface area contributed by atoms with E-state index in [1.165, 1.54) is 17.0 Å². The van der Waals surface area contributed by atoms with Gasteiger partial charge in [0.2, 0.25) is 0 Å².